The molecule has 0 aromatic heterocycles. The maximum absolute atomic E-state index is 12.5. The second-order valence-electron chi connectivity index (χ2n) is 6.38. The van der Waals surface area contributed by atoms with Gasteiger partial charge >= 0.3 is 0 Å². The Morgan fingerprint density at radius 2 is 2.00 bits per heavy atom. The fourth-order valence-electron chi connectivity index (χ4n) is 3.26. The van der Waals surface area contributed by atoms with Crippen LogP contribution in [-0.2, 0) is 17.6 Å². The molecule has 0 unspecified atom stereocenters. The summed E-state index contributed by atoms with van der Waals surface area (Å²) in [7, 11) is 4.85. The first-order chi connectivity index (χ1) is 13.2. The minimum atomic E-state index is -0.196. The van der Waals surface area contributed by atoms with Gasteiger partial charge in [-0.2, -0.15) is 0 Å². The van der Waals surface area contributed by atoms with Gasteiger partial charge in [0.2, 0.25) is 5.91 Å². The lowest BCUT2D eigenvalue weighted by Crippen LogP contribution is -2.38. The van der Waals surface area contributed by atoms with E-state index in [2.05, 4.69) is 5.32 Å². The largest absolute Gasteiger partial charge is 0.497 e. The van der Waals surface area contributed by atoms with Gasteiger partial charge in [0.05, 0.1) is 27.2 Å². The van der Waals surface area contributed by atoms with Crippen LogP contribution in [-0.4, -0.2) is 40.4 Å². The molecule has 0 fully saturated rings. The van der Waals surface area contributed by atoms with E-state index in [0.29, 0.717) is 37.5 Å². The van der Waals surface area contributed by atoms with Gasteiger partial charge in [-0.15, -0.1) is 0 Å². The molecule has 1 amide bonds. The van der Waals surface area contributed by atoms with Crippen LogP contribution in [0.2, 0.25) is 0 Å². The monoisotopic (exact) mass is 371 g/mol. The molecule has 1 aliphatic heterocycles. The van der Waals surface area contributed by atoms with Gasteiger partial charge in [-0.05, 0) is 36.1 Å². The molecule has 144 valence electrons. The Morgan fingerprint density at radius 3 is 2.74 bits per heavy atom. The second-order valence-corrected chi connectivity index (χ2v) is 6.38. The van der Waals surface area contributed by atoms with Crippen LogP contribution >= 0.6 is 0 Å². The molecule has 2 aromatic rings. The molecule has 1 N–H and O–H groups in total. The Labute approximate surface area is 159 Å². The lowest BCUT2D eigenvalue weighted by atomic mass is 9.96. The van der Waals surface area contributed by atoms with Crippen molar-refractivity contribution >= 4 is 5.91 Å². The van der Waals surface area contributed by atoms with E-state index in [0.717, 1.165) is 22.6 Å². The van der Waals surface area contributed by atoms with Gasteiger partial charge in [-0.1, -0.05) is 18.2 Å². The molecule has 0 spiro atoms. The Hall–Kier alpha value is -2.89. The minimum Gasteiger partial charge on any atom is -0.497 e. The second kappa shape index (κ2) is 8.66. The zero-order valence-corrected chi connectivity index (χ0v) is 15.9. The van der Waals surface area contributed by atoms with Crippen LogP contribution < -0.4 is 24.3 Å². The van der Waals surface area contributed by atoms with Crippen LogP contribution in [0.15, 0.2) is 36.4 Å². The number of methoxy groups -OCH3 is 3. The summed E-state index contributed by atoms with van der Waals surface area (Å²) in [4.78, 5) is 12.5. The van der Waals surface area contributed by atoms with E-state index >= 15 is 0 Å². The average Bonchev–Trinajstić information content (AvgIpc) is 2.72. The van der Waals surface area contributed by atoms with Crippen LogP contribution in [0.25, 0.3) is 0 Å². The summed E-state index contributed by atoms with van der Waals surface area (Å²) >= 11 is 0. The highest BCUT2D eigenvalue weighted by atomic mass is 16.5. The van der Waals surface area contributed by atoms with Crippen LogP contribution in [0.1, 0.15) is 11.1 Å². The van der Waals surface area contributed by atoms with E-state index in [-0.39, 0.29) is 11.8 Å². The molecular weight excluding hydrogens is 346 g/mol. The Bertz CT molecular complexity index is 805. The maximum Gasteiger partial charge on any atom is 0.226 e. The van der Waals surface area contributed by atoms with E-state index in [1.165, 1.54) is 0 Å². The molecule has 0 saturated heterocycles. The zero-order chi connectivity index (χ0) is 19.2. The highest BCUT2D eigenvalue weighted by Crippen LogP contribution is 2.32. The number of hydrogen-bond acceptors (Lipinski definition) is 5. The molecule has 1 heterocycles. The van der Waals surface area contributed by atoms with Gasteiger partial charge in [0, 0.05) is 12.6 Å². The van der Waals surface area contributed by atoms with Crippen molar-refractivity contribution in [2.24, 2.45) is 5.92 Å². The first-order valence-corrected chi connectivity index (χ1v) is 8.93. The lowest BCUT2D eigenvalue weighted by molar-refractivity contribution is -0.126. The first-order valence-electron chi connectivity index (χ1n) is 8.93. The summed E-state index contributed by atoms with van der Waals surface area (Å²) in [6.45, 7) is 0.892. The molecule has 3 rings (SSSR count). The third kappa shape index (κ3) is 4.27. The van der Waals surface area contributed by atoms with Crippen molar-refractivity contribution in [2.45, 2.75) is 12.8 Å². The minimum absolute atomic E-state index is 0.00155. The molecule has 0 radical (unpaired) electrons. The van der Waals surface area contributed by atoms with Gasteiger partial charge in [-0.3, -0.25) is 4.79 Å². The van der Waals surface area contributed by atoms with Crippen molar-refractivity contribution in [1.82, 2.24) is 5.32 Å². The van der Waals surface area contributed by atoms with Crippen molar-refractivity contribution in [1.29, 1.82) is 0 Å². The Balaban J connectivity index is 1.56. The predicted molar refractivity (Wildman–Crippen MR) is 102 cm³/mol. The summed E-state index contributed by atoms with van der Waals surface area (Å²) in [6, 6.07) is 11.4. The third-order valence-electron chi connectivity index (χ3n) is 4.73. The van der Waals surface area contributed by atoms with Crippen molar-refractivity contribution in [3.05, 3.63) is 47.5 Å². The summed E-state index contributed by atoms with van der Waals surface area (Å²) in [5.41, 5.74) is 2.02. The van der Waals surface area contributed by atoms with E-state index in [9.17, 15) is 4.79 Å². The van der Waals surface area contributed by atoms with Crippen molar-refractivity contribution in [3.8, 4) is 23.0 Å². The van der Waals surface area contributed by atoms with Gasteiger partial charge in [0.25, 0.3) is 0 Å². The number of carbonyl (C=O) groups is 1. The topological polar surface area (TPSA) is 66.0 Å². The normalized spacial score (nSPS) is 15.3. The molecule has 0 saturated carbocycles. The standard InChI is InChI=1S/C21H25NO5/c1-24-17-8-7-15-11-16(13-27-19(15)12-17)21(23)22-10-9-14-5-4-6-18(25-2)20(14)26-3/h4-8,12,16H,9-11,13H2,1-3H3,(H,22,23)/t16-/m1/s1. The first kappa shape index (κ1) is 18.9. The molecule has 6 nitrogen and oxygen atoms in total. The van der Waals surface area contributed by atoms with Crippen molar-refractivity contribution in [2.75, 3.05) is 34.5 Å². The summed E-state index contributed by atoms with van der Waals surface area (Å²) in [6.07, 6.45) is 1.32. The van der Waals surface area contributed by atoms with Gasteiger partial charge in [-0.25, -0.2) is 0 Å². The van der Waals surface area contributed by atoms with Crippen molar-refractivity contribution < 1.29 is 23.7 Å². The molecule has 1 atom stereocenters. The molecule has 0 bridgehead atoms. The number of fused-ring (bicyclic) bond motifs is 1. The van der Waals surface area contributed by atoms with Gasteiger partial charge in [0.1, 0.15) is 18.1 Å². The number of ether oxygens (including phenoxy) is 4. The van der Waals surface area contributed by atoms with Crippen LogP contribution in [0.3, 0.4) is 0 Å². The van der Waals surface area contributed by atoms with E-state index in [1.807, 2.05) is 36.4 Å². The fourth-order valence-corrected chi connectivity index (χ4v) is 3.26. The SMILES string of the molecule is COc1ccc2c(c1)OC[C@H](C(=O)NCCc1cccc(OC)c1OC)C2. The van der Waals surface area contributed by atoms with Crippen molar-refractivity contribution in [3.63, 3.8) is 0 Å². The number of amides is 1. The Morgan fingerprint density at radius 1 is 1.15 bits per heavy atom. The number of para-hydroxylation sites is 1. The number of nitrogens with one attached hydrogen (secondary N) is 1. The number of hydrogen-bond donors (Lipinski definition) is 1. The molecule has 0 aliphatic carbocycles. The van der Waals surface area contributed by atoms with Crippen LogP contribution in [0, 0.1) is 5.92 Å². The Kier molecular flexibility index (Phi) is 6.06. The van der Waals surface area contributed by atoms with Crippen LogP contribution in [0.5, 0.6) is 23.0 Å². The summed E-state index contributed by atoms with van der Waals surface area (Å²) in [5.74, 6) is 2.74. The smallest absolute Gasteiger partial charge is 0.226 e. The number of carbonyl (C=O) groups excluding carboxylic acids is 1. The number of rotatable bonds is 7. The lowest BCUT2D eigenvalue weighted by Gasteiger charge is -2.25. The molecule has 1 aliphatic rings. The summed E-state index contributed by atoms with van der Waals surface area (Å²) < 4.78 is 21.7. The number of benzene rings is 2. The van der Waals surface area contributed by atoms with Crippen LogP contribution in [0.4, 0.5) is 0 Å². The molecule has 27 heavy (non-hydrogen) atoms. The fraction of sp³-hybridized carbons (Fsp3) is 0.381. The summed E-state index contributed by atoms with van der Waals surface area (Å²) in [5, 5.41) is 3.00. The highest BCUT2D eigenvalue weighted by Gasteiger charge is 2.26. The third-order valence-corrected chi connectivity index (χ3v) is 4.73. The quantitative estimate of drug-likeness (QED) is 0.811. The predicted octanol–water partition coefficient (Wildman–Crippen LogP) is 2.62. The molecule has 2 aromatic carbocycles. The van der Waals surface area contributed by atoms with E-state index < -0.39 is 0 Å². The van der Waals surface area contributed by atoms with Gasteiger partial charge < -0.3 is 24.3 Å². The zero-order valence-electron chi connectivity index (χ0n) is 15.9. The highest BCUT2D eigenvalue weighted by molar-refractivity contribution is 5.79. The average molecular weight is 371 g/mol. The maximum atomic E-state index is 12.5. The molecule has 6 heteroatoms. The van der Waals surface area contributed by atoms with E-state index in [4.69, 9.17) is 18.9 Å². The van der Waals surface area contributed by atoms with Gasteiger partial charge in [0.15, 0.2) is 11.5 Å². The van der Waals surface area contributed by atoms with E-state index in [1.54, 1.807) is 21.3 Å². The molecular formula is C21H25NO5.